The van der Waals surface area contributed by atoms with Gasteiger partial charge in [0.1, 0.15) is 5.60 Å². The molecule has 1 rings (SSSR count). The number of hydrogen-bond donors (Lipinski definition) is 1. The van der Waals surface area contributed by atoms with Crippen LogP contribution in [0.15, 0.2) is 18.3 Å². The van der Waals surface area contributed by atoms with Crippen LogP contribution in [-0.4, -0.2) is 29.7 Å². The van der Waals surface area contributed by atoms with E-state index in [1.165, 1.54) is 0 Å². The van der Waals surface area contributed by atoms with Gasteiger partial charge in [-0.25, -0.2) is 4.98 Å². The summed E-state index contributed by atoms with van der Waals surface area (Å²) in [4.78, 5) is 16.9. The maximum Gasteiger partial charge on any atom is 0.256 e. The van der Waals surface area contributed by atoms with Gasteiger partial charge in [-0.15, -0.1) is 0 Å². The van der Waals surface area contributed by atoms with Crippen LogP contribution in [0.25, 0.3) is 0 Å². The van der Waals surface area contributed by atoms with E-state index in [9.17, 15) is 4.79 Å². The number of carbonyl (C=O) groups excluding carboxylic acids is 1. The zero-order valence-corrected chi connectivity index (χ0v) is 15.7. The summed E-state index contributed by atoms with van der Waals surface area (Å²) >= 11 is 0. The molecule has 5 heteroatoms. The van der Waals surface area contributed by atoms with Gasteiger partial charge >= 0.3 is 0 Å². The van der Waals surface area contributed by atoms with Crippen molar-refractivity contribution >= 4 is 11.6 Å². The van der Waals surface area contributed by atoms with Crippen LogP contribution in [0.4, 0.5) is 5.69 Å². The lowest BCUT2D eigenvalue weighted by Crippen LogP contribution is -2.44. The average Bonchev–Trinajstić information content (AvgIpc) is 2.54. The van der Waals surface area contributed by atoms with E-state index in [1.807, 2.05) is 19.9 Å². The fourth-order valence-corrected chi connectivity index (χ4v) is 2.45. The summed E-state index contributed by atoms with van der Waals surface area (Å²) < 4.78 is 11.4. The Morgan fingerprint density at radius 2 is 2.00 bits per heavy atom. The van der Waals surface area contributed by atoms with Gasteiger partial charge in [-0.05, 0) is 38.2 Å². The Morgan fingerprint density at radius 3 is 2.54 bits per heavy atom. The van der Waals surface area contributed by atoms with E-state index in [0.29, 0.717) is 37.1 Å². The van der Waals surface area contributed by atoms with Crippen molar-refractivity contribution in [2.24, 2.45) is 5.92 Å². The molecule has 1 atom stereocenters. The molecule has 136 valence electrons. The number of anilines is 1. The Balaban J connectivity index is 2.68. The molecule has 0 spiro atoms. The molecule has 0 radical (unpaired) electrons. The lowest BCUT2D eigenvalue weighted by Gasteiger charge is -2.30. The molecule has 0 aromatic carbocycles. The molecule has 1 aromatic rings. The third-order valence-electron chi connectivity index (χ3n) is 3.64. The molecule has 0 aliphatic rings. The number of nitrogens with one attached hydrogen (secondary N) is 1. The second kappa shape index (κ2) is 10.3. The molecular weight excluding hydrogens is 304 g/mol. The van der Waals surface area contributed by atoms with Crippen molar-refractivity contribution in [2.45, 2.75) is 65.9 Å². The van der Waals surface area contributed by atoms with Crippen LogP contribution < -0.4 is 10.1 Å². The van der Waals surface area contributed by atoms with E-state index in [1.54, 1.807) is 12.3 Å². The largest absolute Gasteiger partial charge is 0.478 e. The number of ether oxygens (including phenoxy) is 2. The number of pyridine rings is 1. The van der Waals surface area contributed by atoms with Gasteiger partial charge in [0.15, 0.2) is 0 Å². The molecule has 5 nitrogen and oxygen atoms in total. The highest BCUT2D eigenvalue weighted by atomic mass is 16.5. The Labute approximate surface area is 146 Å². The van der Waals surface area contributed by atoms with Crippen LogP contribution in [0.1, 0.15) is 60.3 Å². The maximum atomic E-state index is 12.7. The minimum atomic E-state index is -0.833. The molecule has 1 aromatic heterocycles. The van der Waals surface area contributed by atoms with Crippen LogP contribution in [0.5, 0.6) is 5.88 Å². The predicted octanol–water partition coefficient (Wildman–Crippen LogP) is 4.43. The summed E-state index contributed by atoms with van der Waals surface area (Å²) in [5.74, 6) is 0.810. The quantitative estimate of drug-likeness (QED) is 0.607. The molecule has 24 heavy (non-hydrogen) atoms. The minimum absolute atomic E-state index is 0.133. The van der Waals surface area contributed by atoms with Crippen LogP contribution in [-0.2, 0) is 9.53 Å². The van der Waals surface area contributed by atoms with Crippen molar-refractivity contribution in [2.75, 3.05) is 18.5 Å². The summed E-state index contributed by atoms with van der Waals surface area (Å²) in [6, 6.07) is 3.58. The van der Waals surface area contributed by atoms with Crippen LogP contribution in [0.2, 0.25) is 0 Å². The summed E-state index contributed by atoms with van der Waals surface area (Å²) in [5, 5.41) is 2.91. The highest BCUT2D eigenvalue weighted by Gasteiger charge is 2.34. The first kappa shape index (κ1) is 20.4. The van der Waals surface area contributed by atoms with Gasteiger partial charge in [-0.1, -0.05) is 34.1 Å². The number of carbonyl (C=O) groups is 1. The van der Waals surface area contributed by atoms with Crippen molar-refractivity contribution in [1.82, 2.24) is 4.98 Å². The molecule has 0 bridgehead atoms. The Hall–Kier alpha value is -1.62. The lowest BCUT2D eigenvalue weighted by molar-refractivity contribution is -0.141. The summed E-state index contributed by atoms with van der Waals surface area (Å²) in [6.07, 6.45) is 5.26. The molecule has 0 unspecified atom stereocenters. The second-order valence-corrected chi connectivity index (χ2v) is 6.72. The molecule has 0 fully saturated rings. The van der Waals surface area contributed by atoms with Crippen LogP contribution >= 0.6 is 0 Å². The SMILES string of the molecule is CCCCOc1ccc(NC(=O)[C@@](C)(CC(C)C)OCCC)cn1. The number of unbranched alkanes of at least 4 members (excludes halogenated alkanes) is 1. The van der Waals surface area contributed by atoms with Crippen LogP contribution in [0.3, 0.4) is 0 Å². The third-order valence-corrected chi connectivity index (χ3v) is 3.64. The zero-order valence-electron chi connectivity index (χ0n) is 15.7. The van der Waals surface area contributed by atoms with Crippen molar-refractivity contribution in [3.63, 3.8) is 0 Å². The molecule has 1 amide bonds. The first-order valence-corrected chi connectivity index (χ1v) is 8.95. The molecule has 0 saturated carbocycles. The standard InChI is InChI=1S/C19H32N2O3/c1-6-8-12-23-17-10-9-16(14-20-17)21-18(22)19(5,13-15(3)4)24-11-7-2/h9-10,14-15H,6-8,11-13H2,1-5H3,(H,21,22)/t19-/m1/s1. The monoisotopic (exact) mass is 336 g/mol. The number of aromatic nitrogens is 1. The van der Waals surface area contributed by atoms with E-state index in [2.05, 4.69) is 31.1 Å². The topological polar surface area (TPSA) is 60.5 Å². The van der Waals surface area contributed by atoms with Gasteiger partial charge in [0.25, 0.3) is 5.91 Å². The smallest absolute Gasteiger partial charge is 0.256 e. The van der Waals surface area contributed by atoms with Gasteiger partial charge in [-0.3, -0.25) is 4.79 Å². The minimum Gasteiger partial charge on any atom is -0.478 e. The summed E-state index contributed by atoms with van der Waals surface area (Å²) in [5.41, 5.74) is -0.182. The molecule has 0 saturated heterocycles. The van der Waals surface area contributed by atoms with E-state index in [4.69, 9.17) is 9.47 Å². The Bertz CT molecular complexity index is 488. The van der Waals surface area contributed by atoms with E-state index < -0.39 is 5.60 Å². The van der Waals surface area contributed by atoms with Crippen LogP contribution in [0, 0.1) is 5.92 Å². The van der Waals surface area contributed by atoms with Gasteiger partial charge in [0, 0.05) is 12.7 Å². The zero-order chi connectivity index (χ0) is 18.0. The molecule has 0 aliphatic heterocycles. The first-order valence-electron chi connectivity index (χ1n) is 8.95. The van der Waals surface area contributed by atoms with Gasteiger partial charge in [-0.2, -0.15) is 0 Å². The van der Waals surface area contributed by atoms with Crippen molar-refractivity contribution in [3.05, 3.63) is 18.3 Å². The Morgan fingerprint density at radius 1 is 1.25 bits per heavy atom. The van der Waals surface area contributed by atoms with Gasteiger partial charge in [0.05, 0.1) is 18.5 Å². The molecule has 1 N–H and O–H groups in total. The fourth-order valence-electron chi connectivity index (χ4n) is 2.45. The molecular formula is C19H32N2O3. The number of rotatable bonds is 11. The number of nitrogens with zero attached hydrogens (tertiary/aromatic N) is 1. The van der Waals surface area contributed by atoms with Crippen molar-refractivity contribution in [1.29, 1.82) is 0 Å². The second-order valence-electron chi connectivity index (χ2n) is 6.72. The first-order chi connectivity index (χ1) is 11.4. The van der Waals surface area contributed by atoms with E-state index in [0.717, 1.165) is 19.3 Å². The normalized spacial score (nSPS) is 13.6. The summed E-state index contributed by atoms with van der Waals surface area (Å²) in [7, 11) is 0. The number of amides is 1. The van der Waals surface area contributed by atoms with E-state index in [-0.39, 0.29) is 5.91 Å². The van der Waals surface area contributed by atoms with E-state index >= 15 is 0 Å². The lowest BCUT2D eigenvalue weighted by atomic mass is 9.93. The maximum absolute atomic E-state index is 12.7. The van der Waals surface area contributed by atoms with Gasteiger partial charge < -0.3 is 14.8 Å². The summed E-state index contributed by atoms with van der Waals surface area (Å²) in [6.45, 7) is 11.4. The highest BCUT2D eigenvalue weighted by Crippen LogP contribution is 2.24. The molecule has 1 heterocycles. The number of hydrogen-bond acceptors (Lipinski definition) is 4. The predicted molar refractivity (Wildman–Crippen MR) is 97.4 cm³/mol. The van der Waals surface area contributed by atoms with Gasteiger partial charge in [0.2, 0.25) is 5.88 Å². The fraction of sp³-hybridized carbons (Fsp3) is 0.684. The molecule has 0 aliphatic carbocycles. The Kier molecular flexibility index (Phi) is 8.76. The highest BCUT2D eigenvalue weighted by molar-refractivity contribution is 5.96. The average molecular weight is 336 g/mol. The van der Waals surface area contributed by atoms with Crippen molar-refractivity contribution in [3.8, 4) is 5.88 Å². The van der Waals surface area contributed by atoms with Crippen molar-refractivity contribution < 1.29 is 14.3 Å². The third kappa shape index (κ3) is 6.87.